The molecule has 0 unspecified atom stereocenters. The summed E-state index contributed by atoms with van der Waals surface area (Å²) in [6.07, 6.45) is 1.67. The molecule has 1 heterocycles. The van der Waals surface area contributed by atoms with Crippen LogP contribution in [0.5, 0.6) is 0 Å². The summed E-state index contributed by atoms with van der Waals surface area (Å²) in [6.45, 7) is 6.60. The first-order chi connectivity index (χ1) is 9.36. The van der Waals surface area contributed by atoms with Gasteiger partial charge in [-0.05, 0) is 35.2 Å². The third kappa shape index (κ3) is 3.54. The fraction of sp³-hybridized carbons (Fsp3) is 0.250. The number of nitrogens with two attached hydrogens (primary N) is 1. The molecule has 0 bridgehead atoms. The van der Waals surface area contributed by atoms with Gasteiger partial charge in [0.15, 0.2) is 0 Å². The maximum Gasteiger partial charge on any atom is 0.130 e. The number of anilines is 2. The first-order valence-electron chi connectivity index (χ1n) is 6.50. The summed E-state index contributed by atoms with van der Waals surface area (Å²) in [5, 5.41) is 3.25. The van der Waals surface area contributed by atoms with Crippen molar-refractivity contribution in [3.05, 3.63) is 53.7 Å². The van der Waals surface area contributed by atoms with Crippen LogP contribution in [0.4, 0.5) is 11.5 Å². The van der Waals surface area contributed by atoms with Gasteiger partial charge in [0.25, 0.3) is 0 Å². The monoisotopic (exact) mass is 285 g/mol. The highest BCUT2D eigenvalue weighted by Gasteiger charge is 2.12. The van der Waals surface area contributed by atoms with Crippen LogP contribution in [-0.4, -0.2) is 9.97 Å². The predicted molar refractivity (Wildman–Crippen MR) is 88.5 cm³/mol. The Morgan fingerprint density at radius 2 is 1.75 bits per heavy atom. The molecule has 2 aromatic rings. The van der Waals surface area contributed by atoms with Crippen molar-refractivity contribution >= 4 is 28.7 Å². The van der Waals surface area contributed by atoms with E-state index in [1.165, 1.54) is 5.56 Å². The summed E-state index contributed by atoms with van der Waals surface area (Å²) < 4.78 is 0. The molecule has 2 rings (SSSR count). The smallest absolute Gasteiger partial charge is 0.130 e. The first-order valence-corrected chi connectivity index (χ1v) is 6.90. The third-order valence-electron chi connectivity index (χ3n) is 3.07. The molecule has 20 heavy (non-hydrogen) atoms. The minimum absolute atomic E-state index is 0.162. The average molecular weight is 285 g/mol. The van der Waals surface area contributed by atoms with Crippen molar-refractivity contribution in [1.29, 1.82) is 0 Å². The van der Waals surface area contributed by atoms with Gasteiger partial charge in [0, 0.05) is 17.4 Å². The molecule has 0 aliphatic carbocycles. The van der Waals surface area contributed by atoms with Gasteiger partial charge < -0.3 is 11.1 Å². The Morgan fingerprint density at radius 3 is 2.20 bits per heavy atom. The predicted octanol–water partition coefficient (Wildman–Crippen LogP) is 3.76. The molecule has 1 aromatic carbocycles. The van der Waals surface area contributed by atoms with E-state index in [0.717, 1.165) is 17.1 Å². The van der Waals surface area contributed by atoms with Gasteiger partial charge in [-0.2, -0.15) is 0 Å². The van der Waals surface area contributed by atoms with Crippen LogP contribution >= 0.6 is 12.2 Å². The molecule has 0 aliphatic rings. The minimum Gasteiger partial charge on any atom is -0.389 e. The van der Waals surface area contributed by atoms with Crippen LogP contribution < -0.4 is 11.1 Å². The number of hydrogen-bond acceptors (Lipinski definition) is 3. The van der Waals surface area contributed by atoms with Crippen molar-refractivity contribution in [2.24, 2.45) is 5.73 Å². The van der Waals surface area contributed by atoms with E-state index in [0.29, 0.717) is 4.99 Å². The normalized spacial score (nSPS) is 11.2. The maximum absolute atomic E-state index is 5.54. The Balaban J connectivity index is 2.12. The molecular formula is C16H19N3S. The highest BCUT2D eigenvalue weighted by Crippen LogP contribution is 2.24. The van der Waals surface area contributed by atoms with Gasteiger partial charge in [-0.15, -0.1) is 0 Å². The molecular weight excluding hydrogens is 266 g/mol. The molecule has 0 aliphatic heterocycles. The molecule has 104 valence electrons. The number of benzene rings is 1. The fourth-order valence-corrected chi connectivity index (χ4v) is 1.94. The van der Waals surface area contributed by atoms with Crippen molar-refractivity contribution in [2.45, 2.75) is 26.2 Å². The number of hydrogen-bond donors (Lipinski definition) is 2. The highest BCUT2D eigenvalue weighted by molar-refractivity contribution is 7.80. The molecule has 3 N–H and O–H groups in total. The average Bonchev–Trinajstić information content (AvgIpc) is 2.39. The Kier molecular flexibility index (Phi) is 4.04. The lowest BCUT2D eigenvalue weighted by molar-refractivity contribution is 0.590. The van der Waals surface area contributed by atoms with Crippen molar-refractivity contribution < 1.29 is 0 Å². The molecule has 1 aromatic heterocycles. The second kappa shape index (κ2) is 5.59. The van der Waals surface area contributed by atoms with Crippen LogP contribution in [0.25, 0.3) is 0 Å². The van der Waals surface area contributed by atoms with E-state index in [9.17, 15) is 0 Å². The highest BCUT2D eigenvalue weighted by atomic mass is 32.1. The van der Waals surface area contributed by atoms with Crippen LogP contribution in [0.2, 0.25) is 0 Å². The molecule has 0 saturated heterocycles. The quantitative estimate of drug-likeness (QED) is 0.843. The number of nitrogens with zero attached hydrogens (tertiary/aromatic N) is 1. The maximum atomic E-state index is 5.54. The number of rotatable bonds is 3. The second-order valence-corrected chi connectivity index (χ2v) is 6.19. The van der Waals surface area contributed by atoms with Gasteiger partial charge in [-0.25, -0.2) is 4.98 Å². The minimum atomic E-state index is 0.162. The van der Waals surface area contributed by atoms with Crippen LogP contribution in [-0.2, 0) is 5.41 Å². The lowest BCUT2D eigenvalue weighted by atomic mass is 9.87. The second-order valence-electron chi connectivity index (χ2n) is 5.75. The van der Waals surface area contributed by atoms with E-state index in [4.69, 9.17) is 18.0 Å². The summed E-state index contributed by atoms with van der Waals surface area (Å²) in [5.74, 6) is 0.772. The molecule has 0 atom stereocenters. The summed E-state index contributed by atoms with van der Waals surface area (Å²) in [7, 11) is 0. The van der Waals surface area contributed by atoms with Gasteiger partial charge in [0.2, 0.25) is 0 Å². The zero-order chi connectivity index (χ0) is 14.8. The summed E-state index contributed by atoms with van der Waals surface area (Å²) in [5.41, 5.74) is 8.79. The summed E-state index contributed by atoms with van der Waals surface area (Å²) in [4.78, 5) is 4.65. The van der Waals surface area contributed by atoms with Crippen molar-refractivity contribution in [3.8, 4) is 0 Å². The lowest BCUT2D eigenvalue weighted by Gasteiger charge is -2.19. The Hall–Kier alpha value is -1.94. The van der Waals surface area contributed by atoms with Gasteiger partial charge in [-0.3, -0.25) is 0 Å². The molecule has 0 fully saturated rings. The number of nitrogens with one attached hydrogen (secondary N) is 1. The largest absolute Gasteiger partial charge is 0.389 e. The van der Waals surface area contributed by atoms with Gasteiger partial charge in [0.05, 0.1) is 0 Å². The van der Waals surface area contributed by atoms with Gasteiger partial charge in [0.1, 0.15) is 10.8 Å². The van der Waals surface area contributed by atoms with E-state index in [-0.39, 0.29) is 5.41 Å². The van der Waals surface area contributed by atoms with Gasteiger partial charge in [-0.1, -0.05) is 45.1 Å². The molecule has 0 saturated carbocycles. The number of aromatic nitrogens is 1. The van der Waals surface area contributed by atoms with E-state index < -0.39 is 0 Å². The summed E-state index contributed by atoms with van der Waals surface area (Å²) >= 11 is 4.90. The topological polar surface area (TPSA) is 50.9 Å². The van der Waals surface area contributed by atoms with Crippen LogP contribution in [0.3, 0.4) is 0 Å². The summed E-state index contributed by atoms with van der Waals surface area (Å²) in [6, 6.07) is 12.1. The SMILES string of the molecule is CC(C)(C)c1ccc(Nc2ccc(C(N)=S)cn2)cc1. The van der Waals surface area contributed by atoms with Crippen molar-refractivity contribution in [3.63, 3.8) is 0 Å². The lowest BCUT2D eigenvalue weighted by Crippen LogP contribution is -2.10. The molecule has 0 amide bonds. The molecule has 4 heteroatoms. The zero-order valence-electron chi connectivity index (χ0n) is 12.0. The van der Waals surface area contributed by atoms with Crippen molar-refractivity contribution in [1.82, 2.24) is 4.98 Å². The Morgan fingerprint density at radius 1 is 1.10 bits per heavy atom. The van der Waals surface area contributed by atoms with E-state index in [1.54, 1.807) is 6.20 Å². The number of pyridine rings is 1. The molecule has 0 radical (unpaired) electrons. The fourth-order valence-electron chi connectivity index (χ4n) is 1.82. The van der Waals surface area contributed by atoms with E-state index in [2.05, 4.69) is 55.3 Å². The van der Waals surface area contributed by atoms with Crippen LogP contribution in [0.1, 0.15) is 31.9 Å². The van der Waals surface area contributed by atoms with E-state index >= 15 is 0 Å². The van der Waals surface area contributed by atoms with Crippen molar-refractivity contribution in [2.75, 3.05) is 5.32 Å². The van der Waals surface area contributed by atoms with Crippen LogP contribution in [0.15, 0.2) is 42.6 Å². The van der Waals surface area contributed by atoms with E-state index in [1.807, 2.05) is 12.1 Å². The third-order valence-corrected chi connectivity index (χ3v) is 3.31. The molecule has 3 nitrogen and oxygen atoms in total. The zero-order valence-corrected chi connectivity index (χ0v) is 12.8. The standard InChI is InChI=1S/C16H19N3S/c1-16(2,3)12-5-7-13(8-6-12)19-14-9-4-11(10-18-14)15(17)20/h4-10H,1-3H3,(H2,17,20)(H,18,19). The Labute approximate surface area is 125 Å². The molecule has 0 spiro atoms. The van der Waals surface area contributed by atoms with Crippen LogP contribution in [0, 0.1) is 0 Å². The van der Waals surface area contributed by atoms with Gasteiger partial charge >= 0.3 is 0 Å². The number of thiocarbonyl (C=S) groups is 1. The first kappa shape index (κ1) is 14.5. The Bertz CT molecular complexity index is 595.